The maximum atomic E-state index is 13.4. The predicted molar refractivity (Wildman–Crippen MR) is 129 cm³/mol. The Kier molecular flexibility index (Phi) is 4.71. The monoisotopic (exact) mass is 419 g/mol. The third-order valence-electron chi connectivity index (χ3n) is 5.75. The van der Waals surface area contributed by atoms with E-state index in [1.807, 2.05) is 60.7 Å². The van der Waals surface area contributed by atoms with E-state index in [1.54, 1.807) is 31.3 Å². The SMILES string of the molecule is CNc1ccc(Nc2ccc(-c3ccc(N)cc3)cc2)c2c1C(=O)c1ccccc1C2=O. The molecule has 0 atom stereocenters. The lowest BCUT2D eigenvalue weighted by atomic mass is 9.82. The first-order valence-corrected chi connectivity index (χ1v) is 10.3. The molecule has 0 unspecified atom stereocenters. The van der Waals surface area contributed by atoms with Crippen LogP contribution in [0.5, 0.6) is 0 Å². The average molecular weight is 419 g/mol. The number of nitrogen functional groups attached to an aromatic ring is 1. The van der Waals surface area contributed by atoms with Crippen LogP contribution in [0.15, 0.2) is 84.9 Å². The molecule has 0 aliphatic heterocycles. The molecule has 0 saturated carbocycles. The van der Waals surface area contributed by atoms with Gasteiger partial charge in [0.05, 0.1) is 16.8 Å². The summed E-state index contributed by atoms with van der Waals surface area (Å²) in [6.45, 7) is 0. The van der Waals surface area contributed by atoms with Crippen LogP contribution >= 0.6 is 0 Å². The fourth-order valence-corrected chi connectivity index (χ4v) is 4.11. The summed E-state index contributed by atoms with van der Waals surface area (Å²) in [7, 11) is 1.75. The molecule has 0 fully saturated rings. The molecular weight excluding hydrogens is 398 g/mol. The molecule has 32 heavy (non-hydrogen) atoms. The number of rotatable bonds is 4. The molecule has 0 radical (unpaired) electrons. The standard InChI is InChI=1S/C27H21N3O2/c1-29-22-14-15-23(25-24(22)26(31)20-4-2-3-5-21(20)27(25)32)30-19-12-8-17(9-13-19)16-6-10-18(28)11-7-16/h2-15,29-30H,28H2,1H3. The molecule has 156 valence electrons. The topological polar surface area (TPSA) is 84.2 Å². The first-order valence-electron chi connectivity index (χ1n) is 10.3. The summed E-state index contributed by atoms with van der Waals surface area (Å²) in [6.07, 6.45) is 0. The van der Waals surface area contributed by atoms with Gasteiger partial charge in [-0.15, -0.1) is 0 Å². The number of hydrogen-bond acceptors (Lipinski definition) is 5. The summed E-state index contributed by atoms with van der Waals surface area (Å²) in [4.78, 5) is 26.6. The van der Waals surface area contributed by atoms with Crippen LogP contribution in [0.3, 0.4) is 0 Å². The average Bonchev–Trinajstić information content (AvgIpc) is 2.83. The molecular formula is C27H21N3O2. The molecule has 0 saturated heterocycles. The molecule has 5 rings (SSSR count). The van der Waals surface area contributed by atoms with Gasteiger partial charge in [0.1, 0.15) is 0 Å². The number of nitrogens with two attached hydrogens (primary N) is 1. The van der Waals surface area contributed by atoms with Gasteiger partial charge in [0.2, 0.25) is 0 Å². The Hall–Kier alpha value is -4.38. The number of carbonyl (C=O) groups is 2. The van der Waals surface area contributed by atoms with Crippen molar-refractivity contribution in [3.05, 3.63) is 107 Å². The van der Waals surface area contributed by atoms with Gasteiger partial charge >= 0.3 is 0 Å². The van der Waals surface area contributed by atoms with Crippen molar-refractivity contribution < 1.29 is 9.59 Å². The van der Waals surface area contributed by atoms with Crippen molar-refractivity contribution in [1.29, 1.82) is 0 Å². The number of nitrogens with one attached hydrogen (secondary N) is 2. The molecule has 1 aliphatic carbocycles. The van der Waals surface area contributed by atoms with Crippen LogP contribution in [-0.4, -0.2) is 18.6 Å². The second-order valence-corrected chi connectivity index (χ2v) is 7.69. The zero-order valence-corrected chi connectivity index (χ0v) is 17.5. The van der Waals surface area contributed by atoms with Crippen molar-refractivity contribution in [3.8, 4) is 11.1 Å². The maximum Gasteiger partial charge on any atom is 0.196 e. The van der Waals surface area contributed by atoms with Gasteiger partial charge < -0.3 is 16.4 Å². The Morgan fingerprint density at radius 3 is 1.69 bits per heavy atom. The van der Waals surface area contributed by atoms with E-state index in [2.05, 4.69) is 10.6 Å². The van der Waals surface area contributed by atoms with Crippen molar-refractivity contribution in [2.24, 2.45) is 0 Å². The normalized spacial score (nSPS) is 12.2. The van der Waals surface area contributed by atoms with Crippen LogP contribution in [0.1, 0.15) is 31.8 Å². The van der Waals surface area contributed by atoms with Crippen molar-refractivity contribution in [2.45, 2.75) is 0 Å². The molecule has 0 amide bonds. The van der Waals surface area contributed by atoms with Gasteiger partial charge in [-0.05, 0) is 47.5 Å². The number of hydrogen-bond donors (Lipinski definition) is 3. The minimum atomic E-state index is -0.159. The van der Waals surface area contributed by atoms with Crippen LogP contribution in [0.4, 0.5) is 22.7 Å². The van der Waals surface area contributed by atoms with E-state index < -0.39 is 0 Å². The molecule has 0 aromatic heterocycles. The molecule has 4 aromatic rings. The predicted octanol–water partition coefficient (Wildman–Crippen LogP) is 5.50. The Morgan fingerprint density at radius 2 is 1.12 bits per heavy atom. The first-order chi connectivity index (χ1) is 15.6. The maximum absolute atomic E-state index is 13.4. The van der Waals surface area contributed by atoms with Gasteiger partial charge in [-0.3, -0.25) is 9.59 Å². The van der Waals surface area contributed by atoms with E-state index >= 15 is 0 Å². The second-order valence-electron chi connectivity index (χ2n) is 7.69. The summed E-state index contributed by atoms with van der Waals surface area (Å²) in [5.74, 6) is -0.310. The lowest BCUT2D eigenvalue weighted by molar-refractivity contribution is 0.0980. The third kappa shape index (κ3) is 3.20. The first kappa shape index (κ1) is 19.6. The van der Waals surface area contributed by atoms with E-state index in [4.69, 9.17) is 5.73 Å². The van der Waals surface area contributed by atoms with Crippen LogP contribution in [0.2, 0.25) is 0 Å². The number of benzene rings is 4. The molecule has 1 aliphatic rings. The van der Waals surface area contributed by atoms with Crippen molar-refractivity contribution in [2.75, 3.05) is 23.4 Å². The minimum Gasteiger partial charge on any atom is -0.399 e. The minimum absolute atomic E-state index is 0.151. The Morgan fingerprint density at radius 1 is 0.625 bits per heavy atom. The van der Waals surface area contributed by atoms with E-state index in [1.165, 1.54) is 0 Å². The van der Waals surface area contributed by atoms with E-state index in [0.29, 0.717) is 33.6 Å². The third-order valence-corrected chi connectivity index (χ3v) is 5.75. The molecule has 0 spiro atoms. The van der Waals surface area contributed by atoms with Crippen LogP contribution < -0.4 is 16.4 Å². The van der Waals surface area contributed by atoms with Crippen LogP contribution in [0.25, 0.3) is 11.1 Å². The quantitative estimate of drug-likeness (QED) is 0.335. The number of ketones is 2. The number of fused-ring (bicyclic) bond motifs is 2. The van der Waals surface area contributed by atoms with E-state index in [-0.39, 0.29) is 11.6 Å². The second kappa shape index (κ2) is 7.71. The lowest BCUT2D eigenvalue weighted by Gasteiger charge is -2.23. The highest BCUT2D eigenvalue weighted by Crippen LogP contribution is 2.37. The molecule has 5 nitrogen and oxygen atoms in total. The molecule has 5 heteroatoms. The van der Waals surface area contributed by atoms with Gasteiger partial charge in [0, 0.05) is 35.2 Å². The Labute approximate surface area is 185 Å². The van der Waals surface area contributed by atoms with Gasteiger partial charge in [0.15, 0.2) is 11.6 Å². The highest BCUT2D eigenvalue weighted by atomic mass is 16.1. The fraction of sp³-hybridized carbons (Fsp3) is 0.0370. The lowest BCUT2D eigenvalue weighted by Crippen LogP contribution is -2.23. The van der Waals surface area contributed by atoms with Gasteiger partial charge in [0.25, 0.3) is 0 Å². The zero-order valence-electron chi connectivity index (χ0n) is 17.5. The highest BCUT2D eigenvalue weighted by molar-refractivity contribution is 6.32. The summed E-state index contributed by atoms with van der Waals surface area (Å²) in [5, 5.41) is 6.38. The Bertz CT molecular complexity index is 1360. The van der Waals surface area contributed by atoms with Crippen LogP contribution in [-0.2, 0) is 0 Å². The summed E-state index contributed by atoms with van der Waals surface area (Å²) >= 11 is 0. The molecule has 0 bridgehead atoms. The zero-order chi connectivity index (χ0) is 22.2. The number of anilines is 4. The molecule has 4 aromatic carbocycles. The highest BCUT2D eigenvalue weighted by Gasteiger charge is 2.33. The molecule has 0 heterocycles. The summed E-state index contributed by atoms with van der Waals surface area (Å²) in [5.41, 5.74) is 12.4. The van der Waals surface area contributed by atoms with E-state index in [9.17, 15) is 9.59 Å². The van der Waals surface area contributed by atoms with Gasteiger partial charge in [-0.2, -0.15) is 0 Å². The van der Waals surface area contributed by atoms with Gasteiger partial charge in [-0.25, -0.2) is 0 Å². The smallest absolute Gasteiger partial charge is 0.196 e. The van der Waals surface area contributed by atoms with Crippen molar-refractivity contribution in [1.82, 2.24) is 0 Å². The van der Waals surface area contributed by atoms with Crippen molar-refractivity contribution >= 4 is 34.3 Å². The van der Waals surface area contributed by atoms with Crippen molar-refractivity contribution in [3.63, 3.8) is 0 Å². The van der Waals surface area contributed by atoms with Crippen LogP contribution in [0, 0.1) is 0 Å². The summed E-state index contributed by atoms with van der Waals surface area (Å²) < 4.78 is 0. The number of carbonyl (C=O) groups excluding carboxylic acids is 2. The van der Waals surface area contributed by atoms with Gasteiger partial charge in [-0.1, -0.05) is 48.5 Å². The van der Waals surface area contributed by atoms with E-state index in [0.717, 1.165) is 22.5 Å². The summed E-state index contributed by atoms with van der Waals surface area (Å²) in [6, 6.07) is 26.2. The fourth-order valence-electron chi connectivity index (χ4n) is 4.11. The largest absolute Gasteiger partial charge is 0.399 e. The molecule has 4 N–H and O–H groups in total. The Balaban J connectivity index is 1.53.